The van der Waals surface area contributed by atoms with Gasteiger partial charge in [0.1, 0.15) is 29.4 Å². The molecule has 8 rings (SSSR count). The van der Waals surface area contributed by atoms with E-state index >= 15 is 0 Å². The van der Waals surface area contributed by atoms with Crippen LogP contribution in [0.5, 0.6) is 0 Å². The van der Waals surface area contributed by atoms with Gasteiger partial charge < -0.3 is 40.8 Å². The molecule has 4 aliphatic heterocycles. The molecule has 0 radical (unpaired) electrons. The molecule has 3 aromatic rings. The molecule has 0 spiro atoms. The Morgan fingerprint density at radius 1 is 0.809 bits per heavy atom. The minimum Gasteiger partial charge on any atom is -0.444 e. The molecule has 5 fully saturated rings. The molecule has 18 heteroatoms. The van der Waals surface area contributed by atoms with Crippen molar-refractivity contribution in [2.24, 2.45) is 17.6 Å². The fourth-order valence-corrected chi connectivity index (χ4v) is 11.0. The Morgan fingerprint density at radius 2 is 1.47 bits per heavy atom. The van der Waals surface area contributed by atoms with Crippen molar-refractivity contribution in [3.8, 4) is 0 Å². The monoisotopic (exact) mass is 959 g/mol. The van der Waals surface area contributed by atoms with Gasteiger partial charge in [-0.3, -0.25) is 29.1 Å². The van der Waals surface area contributed by atoms with Crippen molar-refractivity contribution in [1.29, 1.82) is 0 Å². The maximum Gasteiger partial charge on any atom is 0.408 e. The second-order valence-corrected chi connectivity index (χ2v) is 21.5. The van der Waals surface area contributed by atoms with Crippen LogP contribution in [0.4, 0.5) is 10.6 Å². The van der Waals surface area contributed by atoms with Crippen LogP contribution in [0.15, 0.2) is 42.9 Å². The first-order valence-corrected chi connectivity index (χ1v) is 25.7. The highest BCUT2D eigenvalue weighted by molar-refractivity contribution is 6.30. The van der Waals surface area contributed by atoms with Gasteiger partial charge in [0.15, 0.2) is 0 Å². The van der Waals surface area contributed by atoms with Gasteiger partial charge in [-0.2, -0.15) is 0 Å². The topological polar surface area (TPSA) is 189 Å². The largest absolute Gasteiger partial charge is 0.444 e. The summed E-state index contributed by atoms with van der Waals surface area (Å²) in [4.78, 5) is 79.5. The van der Waals surface area contributed by atoms with E-state index in [0.717, 1.165) is 113 Å². The van der Waals surface area contributed by atoms with Crippen molar-refractivity contribution in [3.63, 3.8) is 0 Å². The molecule has 0 bridgehead atoms. The second kappa shape index (κ2) is 22.5. The summed E-state index contributed by atoms with van der Waals surface area (Å²) in [6.45, 7) is 16.7. The highest BCUT2D eigenvalue weighted by Crippen LogP contribution is 2.31. The number of rotatable bonds is 14. The predicted octanol–water partition coefficient (Wildman–Crippen LogP) is 4.63. The number of H-pyrrole nitrogens is 1. The first-order valence-electron chi connectivity index (χ1n) is 25.3. The van der Waals surface area contributed by atoms with Gasteiger partial charge >= 0.3 is 6.09 Å². The molecule has 1 aromatic carbocycles. The summed E-state index contributed by atoms with van der Waals surface area (Å²) >= 11 is 6.27. The van der Waals surface area contributed by atoms with E-state index < -0.39 is 23.3 Å². The number of fused-ring (bicyclic) bond motifs is 1. The van der Waals surface area contributed by atoms with Gasteiger partial charge in [-0.1, -0.05) is 43.0 Å². The molecular formula is C50H75ClN12O5. The number of nitrogens with zero attached hydrogens (tertiary/aromatic N) is 8. The summed E-state index contributed by atoms with van der Waals surface area (Å²) in [5, 5.41) is 7.90. The fraction of sp³-hybridized carbons (Fsp3) is 0.680. The third-order valence-corrected chi connectivity index (χ3v) is 15.4. The molecule has 1 saturated carbocycles. The third-order valence-electron chi connectivity index (χ3n) is 15.1. The quantitative estimate of drug-likeness (QED) is 0.176. The number of benzene rings is 1. The molecule has 4 saturated heterocycles. The zero-order chi connectivity index (χ0) is 47.8. The minimum atomic E-state index is -1.00. The van der Waals surface area contributed by atoms with Crippen molar-refractivity contribution in [2.75, 3.05) is 103 Å². The second-order valence-electron chi connectivity index (χ2n) is 21.0. The zero-order valence-electron chi connectivity index (χ0n) is 40.6. The molecule has 68 heavy (non-hydrogen) atoms. The number of hydrogen-bond acceptors (Lipinski definition) is 12. The molecule has 5 aliphatic rings. The van der Waals surface area contributed by atoms with Crippen molar-refractivity contribution in [1.82, 2.24) is 50.1 Å². The number of ether oxygens (including phenoxy) is 1. The van der Waals surface area contributed by atoms with Crippen LogP contribution >= 0.6 is 11.6 Å². The molecule has 5 N–H and O–H groups in total. The molecule has 2 atom stereocenters. The van der Waals surface area contributed by atoms with Crippen LogP contribution in [0.25, 0.3) is 11.0 Å². The first-order chi connectivity index (χ1) is 32.7. The number of aromatic nitrogens is 3. The van der Waals surface area contributed by atoms with Gasteiger partial charge in [-0.15, -0.1) is 0 Å². The number of anilines is 1. The number of nitrogens with two attached hydrogens (primary N) is 1. The lowest BCUT2D eigenvalue weighted by molar-refractivity contribution is -0.137. The van der Waals surface area contributed by atoms with Crippen LogP contribution in [0.2, 0.25) is 5.02 Å². The smallest absolute Gasteiger partial charge is 0.408 e. The van der Waals surface area contributed by atoms with Crippen molar-refractivity contribution >= 4 is 52.3 Å². The Bertz CT molecular complexity index is 2150. The Hall–Kier alpha value is -4.55. The van der Waals surface area contributed by atoms with E-state index in [9.17, 15) is 19.2 Å². The number of nitrogens with one attached hydrogen (secondary N) is 3. The number of aromatic amines is 1. The third kappa shape index (κ3) is 13.0. The summed E-state index contributed by atoms with van der Waals surface area (Å²) in [7, 11) is 0. The number of halogens is 1. The maximum atomic E-state index is 14.0. The number of piperidine rings is 2. The molecule has 372 valence electrons. The highest BCUT2D eigenvalue weighted by atomic mass is 35.5. The van der Waals surface area contributed by atoms with E-state index in [1.807, 2.05) is 67.1 Å². The molecular weight excluding hydrogens is 884 g/mol. The first kappa shape index (κ1) is 49.9. The lowest BCUT2D eigenvalue weighted by atomic mass is 9.83. The lowest BCUT2D eigenvalue weighted by Crippen LogP contribution is -2.60. The average molecular weight is 960 g/mol. The molecule has 0 unspecified atom stereocenters. The van der Waals surface area contributed by atoms with E-state index in [4.69, 9.17) is 22.1 Å². The van der Waals surface area contributed by atoms with Gasteiger partial charge in [-0.05, 0) is 114 Å². The molecule has 17 nitrogen and oxygen atoms in total. The number of likely N-dealkylation sites (tertiary alicyclic amines) is 1. The number of hydrogen-bond donors (Lipinski definition) is 4. The predicted molar refractivity (Wildman–Crippen MR) is 264 cm³/mol. The molecule has 1 aliphatic carbocycles. The number of carbonyl (C=O) groups excluding carboxylic acids is 4. The van der Waals surface area contributed by atoms with Crippen LogP contribution < -0.4 is 21.3 Å². The summed E-state index contributed by atoms with van der Waals surface area (Å²) < 4.78 is 5.56. The summed E-state index contributed by atoms with van der Waals surface area (Å²) in [6.07, 6.45) is 12.0. The molecule has 4 amide bonds. The molecule has 6 heterocycles. The van der Waals surface area contributed by atoms with Crippen molar-refractivity contribution in [2.45, 2.75) is 108 Å². The maximum absolute atomic E-state index is 14.0. The van der Waals surface area contributed by atoms with E-state index in [2.05, 4.69) is 45.2 Å². The van der Waals surface area contributed by atoms with Gasteiger partial charge in [-0.25, -0.2) is 14.8 Å². The summed E-state index contributed by atoms with van der Waals surface area (Å²) in [6, 6.07) is 8.87. The van der Waals surface area contributed by atoms with Crippen LogP contribution in [-0.4, -0.2) is 179 Å². The highest BCUT2D eigenvalue weighted by Gasteiger charge is 2.40. The Balaban J connectivity index is 0.740. The van der Waals surface area contributed by atoms with Crippen LogP contribution in [0.1, 0.15) is 96.6 Å². The number of piperazine rings is 2. The summed E-state index contributed by atoms with van der Waals surface area (Å²) in [5.74, 6) is 1.63. The number of alkyl carbamates (subject to hydrolysis) is 1. The number of carbonyl (C=O) groups is 4. The minimum absolute atomic E-state index is 0.0260. The van der Waals surface area contributed by atoms with E-state index in [1.54, 1.807) is 6.33 Å². The SMILES string of the molecule is CC(C)(C)OC(=O)N[C@@H](C(=O)N1CCN(CC2CCN(CC(=O)N3CCN(CC[C@H](NC(=O)C4(N)CCN(c5ncnc6[nH]ccc56)CC4)c4ccc(Cl)cc4)CC3)CC2)CC1)C1CCCCC1. The van der Waals surface area contributed by atoms with Gasteiger partial charge in [0.2, 0.25) is 17.7 Å². The summed E-state index contributed by atoms with van der Waals surface area (Å²) in [5.41, 5.74) is 7.01. The lowest BCUT2D eigenvalue weighted by Gasteiger charge is -2.41. The Morgan fingerprint density at radius 3 is 2.15 bits per heavy atom. The van der Waals surface area contributed by atoms with E-state index in [0.29, 0.717) is 76.0 Å². The Labute approximate surface area is 407 Å². The fourth-order valence-electron chi connectivity index (χ4n) is 10.9. The van der Waals surface area contributed by atoms with Crippen LogP contribution in [0.3, 0.4) is 0 Å². The number of amides is 4. The Kier molecular flexibility index (Phi) is 16.5. The van der Waals surface area contributed by atoms with Gasteiger partial charge in [0.25, 0.3) is 0 Å². The normalized spacial score (nSPS) is 21.6. The average Bonchev–Trinajstić information content (AvgIpc) is 3.83. The van der Waals surface area contributed by atoms with Gasteiger partial charge in [0, 0.05) is 89.8 Å². The van der Waals surface area contributed by atoms with Crippen LogP contribution in [0, 0.1) is 11.8 Å². The zero-order valence-corrected chi connectivity index (χ0v) is 41.4. The standard InChI is InChI=1S/C50H75ClN12O5/c1-49(2,3)68-48(67)57-43(38-7-5-4-6-8-38)46(65)63-31-27-60(28-32-63)33-36-14-20-59(21-15-36)34-42(64)61-29-25-58(26-30-61)22-16-41(37-9-11-39(51)12-10-37)56-47(66)50(52)17-23-62(24-18-50)45-40-13-19-53-44(40)54-35-55-45/h9-13,19,35-36,38,41,43H,4-8,14-18,20-34,52H2,1-3H3,(H,56,66)(H,57,67)(H,53,54,55)/t41-,43+/m0/s1. The van der Waals surface area contributed by atoms with Gasteiger partial charge in [0.05, 0.1) is 23.5 Å². The molecule has 2 aromatic heterocycles. The van der Waals surface area contributed by atoms with E-state index in [-0.39, 0.29) is 29.7 Å². The van der Waals surface area contributed by atoms with Crippen molar-refractivity contribution in [3.05, 3.63) is 53.4 Å². The van der Waals surface area contributed by atoms with Crippen molar-refractivity contribution < 1.29 is 23.9 Å². The van der Waals surface area contributed by atoms with E-state index in [1.165, 1.54) is 6.42 Å². The van der Waals surface area contributed by atoms with Crippen LogP contribution in [-0.2, 0) is 19.1 Å².